The van der Waals surface area contributed by atoms with Crippen molar-refractivity contribution in [2.24, 2.45) is 10.2 Å². The van der Waals surface area contributed by atoms with Gasteiger partial charge in [0.25, 0.3) is 10.1 Å². The van der Waals surface area contributed by atoms with Crippen LogP contribution in [0.25, 0.3) is 10.8 Å². The molecule has 0 fully saturated rings. The summed E-state index contributed by atoms with van der Waals surface area (Å²) in [4.78, 5) is 10.9. The minimum absolute atomic E-state index is 0.129. The van der Waals surface area contributed by atoms with Gasteiger partial charge in [0.2, 0.25) is 5.91 Å². The van der Waals surface area contributed by atoms with Crippen molar-refractivity contribution in [2.75, 3.05) is 5.32 Å². The summed E-state index contributed by atoms with van der Waals surface area (Å²) in [5, 5.41) is 21.4. The molecule has 0 spiro atoms. The van der Waals surface area contributed by atoms with Crippen molar-refractivity contribution in [3.05, 3.63) is 54.6 Å². The number of hydrogen-bond donors (Lipinski definition) is 3. The molecule has 0 radical (unpaired) electrons. The van der Waals surface area contributed by atoms with Crippen molar-refractivity contribution < 1.29 is 22.9 Å². The number of hydrogen-bond acceptors (Lipinski definition) is 6. The molecule has 0 atom stereocenters. The highest BCUT2D eigenvalue weighted by atomic mass is 32.2. The number of anilines is 1. The van der Waals surface area contributed by atoms with E-state index < -0.39 is 10.1 Å². The fraction of sp³-hybridized carbons (Fsp3) is 0.0556. The normalized spacial score (nSPS) is 11.8. The molecular weight excluding hydrogens is 370 g/mol. The van der Waals surface area contributed by atoms with Gasteiger partial charge >= 0.3 is 0 Å². The molecule has 3 aromatic rings. The Bertz CT molecular complexity index is 1170. The molecule has 9 heteroatoms. The molecule has 0 saturated heterocycles. The Labute approximate surface area is 154 Å². The minimum atomic E-state index is -4.39. The maximum Gasteiger partial charge on any atom is 0.295 e. The number of fused-ring (bicyclic) bond motifs is 1. The lowest BCUT2D eigenvalue weighted by molar-refractivity contribution is -0.114. The predicted octanol–water partition coefficient (Wildman–Crippen LogP) is 4.17. The lowest BCUT2D eigenvalue weighted by Crippen LogP contribution is -2.05. The Kier molecular flexibility index (Phi) is 4.89. The first-order valence-electron chi connectivity index (χ1n) is 7.77. The van der Waals surface area contributed by atoms with Crippen molar-refractivity contribution in [1.29, 1.82) is 0 Å². The van der Waals surface area contributed by atoms with Crippen LogP contribution in [0.2, 0.25) is 0 Å². The van der Waals surface area contributed by atoms with Gasteiger partial charge in [-0.1, -0.05) is 24.3 Å². The summed E-state index contributed by atoms with van der Waals surface area (Å²) in [7, 11) is -4.39. The van der Waals surface area contributed by atoms with Crippen molar-refractivity contribution in [3.8, 4) is 5.75 Å². The van der Waals surface area contributed by atoms with Gasteiger partial charge < -0.3 is 10.4 Å². The third-order valence-electron chi connectivity index (χ3n) is 3.70. The van der Waals surface area contributed by atoms with Gasteiger partial charge in [0.1, 0.15) is 16.3 Å². The van der Waals surface area contributed by atoms with Crippen LogP contribution in [0.4, 0.5) is 17.1 Å². The van der Waals surface area contributed by atoms with Crippen LogP contribution in [-0.2, 0) is 14.9 Å². The number of aromatic hydroxyl groups is 1. The number of amides is 1. The van der Waals surface area contributed by atoms with E-state index in [-0.39, 0.29) is 22.2 Å². The molecule has 0 unspecified atom stereocenters. The first kappa shape index (κ1) is 18.5. The van der Waals surface area contributed by atoms with Gasteiger partial charge in [0.15, 0.2) is 0 Å². The monoisotopic (exact) mass is 385 g/mol. The molecule has 0 aliphatic carbocycles. The Balaban J connectivity index is 2.07. The third kappa shape index (κ3) is 4.10. The highest BCUT2D eigenvalue weighted by Crippen LogP contribution is 2.34. The number of carbonyl (C=O) groups is 1. The van der Waals surface area contributed by atoms with Crippen LogP contribution >= 0.6 is 0 Å². The first-order chi connectivity index (χ1) is 12.8. The van der Waals surface area contributed by atoms with Gasteiger partial charge in [-0.25, -0.2) is 0 Å². The summed E-state index contributed by atoms with van der Waals surface area (Å²) in [5.41, 5.74) is 0.923. The predicted molar refractivity (Wildman–Crippen MR) is 100 cm³/mol. The number of phenolic OH excluding ortho intramolecular Hbond substituents is 1. The number of nitrogens with one attached hydrogen (secondary N) is 1. The van der Waals surface area contributed by atoms with Crippen LogP contribution in [0, 0.1) is 0 Å². The van der Waals surface area contributed by atoms with Gasteiger partial charge in [0, 0.05) is 23.4 Å². The second kappa shape index (κ2) is 7.14. The van der Waals surface area contributed by atoms with Gasteiger partial charge in [-0.3, -0.25) is 9.35 Å². The van der Waals surface area contributed by atoms with E-state index in [0.717, 1.165) is 0 Å². The highest BCUT2D eigenvalue weighted by molar-refractivity contribution is 7.86. The molecule has 0 aliphatic heterocycles. The van der Waals surface area contributed by atoms with Crippen LogP contribution < -0.4 is 5.32 Å². The van der Waals surface area contributed by atoms with E-state index in [2.05, 4.69) is 15.5 Å². The van der Waals surface area contributed by atoms with E-state index in [1.54, 1.807) is 24.3 Å². The fourth-order valence-corrected chi connectivity index (χ4v) is 3.26. The van der Waals surface area contributed by atoms with Gasteiger partial charge in [-0.15, -0.1) is 10.2 Å². The lowest BCUT2D eigenvalue weighted by Gasteiger charge is -2.06. The fourth-order valence-electron chi connectivity index (χ4n) is 2.56. The quantitative estimate of drug-likeness (QED) is 0.353. The molecule has 3 N–H and O–H groups in total. The number of benzene rings is 3. The standard InChI is InChI=1S/C18H15N3O5S/c1-11(22)19-12-6-8-17(23)16(10-12)21-20-15-7-9-18(27(24,25)26)14-5-3-2-4-13(14)15/h2-10,23H,1H3,(H,19,22)(H,24,25,26). The molecule has 0 heterocycles. The van der Waals surface area contributed by atoms with E-state index in [1.807, 2.05) is 0 Å². The Morgan fingerprint density at radius 2 is 1.63 bits per heavy atom. The van der Waals surface area contributed by atoms with Gasteiger partial charge in [-0.2, -0.15) is 8.42 Å². The summed E-state index contributed by atoms with van der Waals surface area (Å²) < 4.78 is 32.5. The molecule has 8 nitrogen and oxygen atoms in total. The van der Waals surface area contributed by atoms with Crippen molar-refractivity contribution >= 4 is 43.9 Å². The zero-order valence-electron chi connectivity index (χ0n) is 14.1. The number of carbonyl (C=O) groups excluding carboxylic acids is 1. The Morgan fingerprint density at radius 1 is 0.963 bits per heavy atom. The van der Waals surface area contributed by atoms with Crippen LogP contribution in [0.15, 0.2) is 69.7 Å². The number of azo groups is 1. The third-order valence-corrected chi connectivity index (χ3v) is 4.61. The summed E-state index contributed by atoms with van der Waals surface area (Å²) in [6, 6.07) is 13.5. The molecule has 27 heavy (non-hydrogen) atoms. The van der Waals surface area contributed by atoms with Crippen molar-refractivity contribution in [1.82, 2.24) is 0 Å². The van der Waals surface area contributed by atoms with Crippen molar-refractivity contribution in [3.63, 3.8) is 0 Å². The molecule has 0 saturated carbocycles. The van der Waals surface area contributed by atoms with E-state index >= 15 is 0 Å². The van der Waals surface area contributed by atoms with Crippen LogP contribution in [0.5, 0.6) is 5.75 Å². The van der Waals surface area contributed by atoms with E-state index in [9.17, 15) is 22.9 Å². The molecule has 3 rings (SSSR count). The zero-order valence-corrected chi connectivity index (χ0v) is 14.9. The maximum atomic E-state index is 11.5. The molecule has 3 aromatic carbocycles. The Morgan fingerprint density at radius 3 is 2.30 bits per heavy atom. The maximum absolute atomic E-state index is 11.5. The SMILES string of the molecule is CC(=O)Nc1ccc(O)c(N=Nc2ccc(S(=O)(=O)O)c3ccccc23)c1. The second-order valence-corrected chi connectivity index (χ2v) is 7.08. The van der Waals surface area contributed by atoms with Crippen LogP contribution in [0.1, 0.15) is 6.92 Å². The average Bonchev–Trinajstić information content (AvgIpc) is 2.60. The molecular formula is C18H15N3O5S. The number of nitrogens with zero attached hydrogens (tertiary/aromatic N) is 2. The van der Waals surface area contributed by atoms with E-state index in [1.165, 1.54) is 37.3 Å². The zero-order chi connectivity index (χ0) is 19.6. The molecule has 1 amide bonds. The molecule has 0 aliphatic rings. The number of phenols is 1. The summed E-state index contributed by atoms with van der Waals surface area (Å²) in [6.07, 6.45) is 0. The highest BCUT2D eigenvalue weighted by Gasteiger charge is 2.15. The largest absolute Gasteiger partial charge is 0.506 e. The van der Waals surface area contributed by atoms with Crippen LogP contribution in [0.3, 0.4) is 0 Å². The van der Waals surface area contributed by atoms with Crippen molar-refractivity contribution in [2.45, 2.75) is 11.8 Å². The van der Waals surface area contributed by atoms with E-state index in [4.69, 9.17) is 0 Å². The summed E-state index contributed by atoms with van der Waals surface area (Å²) in [5.74, 6) is -0.401. The number of rotatable bonds is 4. The smallest absolute Gasteiger partial charge is 0.295 e. The molecule has 138 valence electrons. The molecule has 0 aromatic heterocycles. The average molecular weight is 385 g/mol. The summed E-state index contributed by atoms with van der Waals surface area (Å²) >= 11 is 0. The van der Waals surface area contributed by atoms with Gasteiger partial charge in [0.05, 0.1) is 5.69 Å². The van der Waals surface area contributed by atoms with Crippen LogP contribution in [-0.4, -0.2) is 24.0 Å². The Hall–Kier alpha value is -3.30. The topological polar surface area (TPSA) is 128 Å². The van der Waals surface area contributed by atoms with E-state index in [0.29, 0.717) is 22.1 Å². The second-order valence-electron chi connectivity index (χ2n) is 5.69. The van der Waals surface area contributed by atoms with Gasteiger partial charge in [-0.05, 0) is 30.3 Å². The molecule has 0 bridgehead atoms. The first-order valence-corrected chi connectivity index (χ1v) is 9.21. The summed E-state index contributed by atoms with van der Waals surface area (Å²) in [6.45, 7) is 1.36. The minimum Gasteiger partial charge on any atom is -0.506 e. The lowest BCUT2D eigenvalue weighted by atomic mass is 10.1.